The number of H-pyrrole nitrogens is 1. The van der Waals surface area contributed by atoms with Gasteiger partial charge < -0.3 is 15.6 Å². The third-order valence-electron chi connectivity index (χ3n) is 2.37. The summed E-state index contributed by atoms with van der Waals surface area (Å²) in [7, 11) is 0. The maximum atomic E-state index is 5.63. The zero-order valence-electron chi connectivity index (χ0n) is 7.42. The van der Waals surface area contributed by atoms with Gasteiger partial charge in [0.2, 0.25) is 0 Å². The van der Waals surface area contributed by atoms with Gasteiger partial charge in [-0.2, -0.15) is 0 Å². The second-order valence-corrected chi connectivity index (χ2v) is 3.73. The molecule has 0 aromatic carbocycles. The second kappa shape index (κ2) is 3.38. The van der Waals surface area contributed by atoms with Crippen molar-refractivity contribution in [3.05, 3.63) is 16.8 Å². The van der Waals surface area contributed by atoms with E-state index in [2.05, 4.69) is 9.88 Å². The van der Waals surface area contributed by atoms with Gasteiger partial charge in [-0.15, -0.1) is 0 Å². The maximum absolute atomic E-state index is 5.63. The van der Waals surface area contributed by atoms with Crippen LogP contribution in [-0.4, -0.2) is 18.1 Å². The van der Waals surface area contributed by atoms with Gasteiger partial charge >= 0.3 is 0 Å². The predicted molar refractivity (Wildman–Crippen MR) is 57.5 cm³/mol. The lowest BCUT2D eigenvalue weighted by Gasteiger charge is -2.16. The van der Waals surface area contributed by atoms with Crippen molar-refractivity contribution in [2.75, 3.05) is 23.7 Å². The molecular formula is C9H13N3S. The molecule has 3 N–H and O–H groups in total. The van der Waals surface area contributed by atoms with Crippen LogP contribution in [0.1, 0.15) is 12.8 Å². The lowest BCUT2D eigenvalue weighted by Crippen LogP contribution is -2.18. The van der Waals surface area contributed by atoms with Crippen LogP contribution in [0.15, 0.2) is 12.1 Å². The number of nitrogens with zero attached hydrogens (tertiary/aromatic N) is 1. The molecule has 0 unspecified atom stereocenters. The van der Waals surface area contributed by atoms with Crippen LogP contribution in [0.5, 0.6) is 0 Å². The molecule has 1 aliphatic rings. The Morgan fingerprint density at radius 1 is 1.31 bits per heavy atom. The van der Waals surface area contributed by atoms with Crippen LogP contribution < -0.4 is 10.6 Å². The molecule has 4 heteroatoms. The summed E-state index contributed by atoms with van der Waals surface area (Å²) in [4.78, 5) is 5.43. The summed E-state index contributed by atoms with van der Waals surface area (Å²) in [5, 5.41) is 0. The molecule has 1 fully saturated rings. The Balaban J connectivity index is 2.30. The van der Waals surface area contributed by atoms with Crippen LogP contribution in [0.4, 0.5) is 11.5 Å². The Labute approximate surface area is 82.6 Å². The van der Waals surface area contributed by atoms with E-state index in [-0.39, 0.29) is 0 Å². The topological polar surface area (TPSA) is 45.0 Å². The van der Waals surface area contributed by atoms with Crippen molar-refractivity contribution in [2.45, 2.75) is 12.8 Å². The molecule has 3 nitrogen and oxygen atoms in total. The Bertz CT molecular complexity index is 352. The van der Waals surface area contributed by atoms with E-state index in [9.17, 15) is 0 Å². The van der Waals surface area contributed by atoms with E-state index in [1.54, 1.807) is 0 Å². The van der Waals surface area contributed by atoms with E-state index in [1.165, 1.54) is 12.8 Å². The number of hydrogen-bond donors (Lipinski definition) is 2. The molecule has 0 aliphatic carbocycles. The Morgan fingerprint density at radius 2 is 2.00 bits per heavy atom. The number of nitrogens with two attached hydrogens (primary N) is 1. The zero-order chi connectivity index (χ0) is 9.26. The minimum Gasteiger partial charge on any atom is -0.396 e. The molecule has 0 radical (unpaired) electrons. The number of anilines is 2. The molecular weight excluding hydrogens is 182 g/mol. The van der Waals surface area contributed by atoms with E-state index in [0.29, 0.717) is 10.3 Å². The average Bonchev–Trinajstić information content (AvgIpc) is 2.62. The van der Waals surface area contributed by atoms with Gasteiger partial charge in [0.25, 0.3) is 0 Å². The summed E-state index contributed by atoms with van der Waals surface area (Å²) in [5.41, 5.74) is 6.28. The van der Waals surface area contributed by atoms with Crippen LogP contribution in [0, 0.1) is 4.64 Å². The summed E-state index contributed by atoms with van der Waals surface area (Å²) in [6.07, 6.45) is 2.54. The smallest absolute Gasteiger partial charge is 0.128 e. The number of rotatable bonds is 1. The fourth-order valence-electron chi connectivity index (χ4n) is 1.62. The Morgan fingerprint density at radius 3 is 2.62 bits per heavy atom. The minimum absolute atomic E-state index is 0.643. The number of aromatic nitrogens is 1. The van der Waals surface area contributed by atoms with E-state index in [1.807, 2.05) is 12.1 Å². The summed E-state index contributed by atoms with van der Waals surface area (Å²) in [5.74, 6) is 1.09. The fourth-order valence-corrected chi connectivity index (χ4v) is 1.79. The molecule has 13 heavy (non-hydrogen) atoms. The van der Waals surface area contributed by atoms with E-state index >= 15 is 0 Å². The van der Waals surface area contributed by atoms with Crippen molar-refractivity contribution < 1.29 is 0 Å². The lowest BCUT2D eigenvalue weighted by atomic mass is 10.4. The monoisotopic (exact) mass is 195 g/mol. The van der Waals surface area contributed by atoms with Gasteiger partial charge in [0.15, 0.2) is 0 Å². The molecule has 70 valence electrons. The van der Waals surface area contributed by atoms with Crippen molar-refractivity contribution in [1.82, 2.24) is 4.98 Å². The number of pyridine rings is 1. The molecule has 1 saturated heterocycles. The van der Waals surface area contributed by atoms with Crippen molar-refractivity contribution in [1.29, 1.82) is 0 Å². The van der Waals surface area contributed by atoms with Gasteiger partial charge in [0.05, 0.1) is 5.69 Å². The molecule has 1 aliphatic heterocycles. The maximum Gasteiger partial charge on any atom is 0.128 e. The first kappa shape index (κ1) is 8.56. The third-order valence-corrected chi connectivity index (χ3v) is 2.71. The molecule has 2 heterocycles. The summed E-state index contributed by atoms with van der Waals surface area (Å²) in [6.45, 7) is 2.24. The molecule has 0 bridgehead atoms. The molecule has 2 rings (SSSR count). The van der Waals surface area contributed by atoms with Crippen LogP contribution >= 0.6 is 12.2 Å². The van der Waals surface area contributed by atoms with Crippen LogP contribution in [0.2, 0.25) is 0 Å². The summed E-state index contributed by atoms with van der Waals surface area (Å²) >= 11 is 5.07. The standard InChI is InChI=1S/C9H13N3S/c10-7-3-4-8(11-9(7)13)12-5-1-2-6-12/h3-4H,1-2,5-6,10H2,(H,11,13). The molecule has 0 spiro atoms. The van der Waals surface area contributed by atoms with Gasteiger partial charge in [-0.05, 0) is 25.0 Å². The van der Waals surface area contributed by atoms with Crippen LogP contribution in [-0.2, 0) is 0 Å². The summed E-state index contributed by atoms with van der Waals surface area (Å²) < 4.78 is 0.643. The van der Waals surface area contributed by atoms with Crippen LogP contribution in [0.25, 0.3) is 0 Å². The average molecular weight is 195 g/mol. The normalized spacial score (nSPS) is 16.5. The van der Waals surface area contributed by atoms with E-state index in [4.69, 9.17) is 18.0 Å². The Kier molecular flexibility index (Phi) is 2.22. The highest BCUT2D eigenvalue weighted by molar-refractivity contribution is 7.71. The highest BCUT2D eigenvalue weighted by atomic mass is 32.1. The second-order valence-electron chi connectivity index (χ2n) is 3.32. The fraction of sp³-hybridized carbons (Fsp3) is 0.444. The molecule has 0 saturated carbocycles. The van der Waals surface area contributed by atoms with Gasteiger partial charge in [-0.1, -0.05) is 12.2 Å². The summed E-state index contributed by atoms with van der Waals surface area (Å²) in [6, 6.07) is 3.86. The molecule has 0 atom stereocenters. The van der Waals surface area contributed by atoms with Crippen LogP contribution in [0.3, 0.4) is 0 Å². The number of aromatic amines is 1. The minimum atomic E-state index is 0.643. The van der Waals surface area contributed by atoms with Crippen molar-refractivity contribution in [3.8, 4) is 0 Å². The van der Waals surface area contributed by atoms with Gasteiger partial charge in [0.1, 0.15) is 10.5 Å². The number of nitrogens with one attached hydrogen (secondary N) is 1. The molecule has 1 aromatic heterocycles. The number of hydrogen-bond acceptors (Lipinski definition) is 3. The predicted octanol–water partition coefficient (Wildman–Crippen LogP) is 1.93. The molecule has 1 aromatic rings. The SMILES string of the molecule is Nc1ccc(N2CCCC2)[nH]c1=S. The lowest BCUT2D eigenvalue weighted by molar-refractivity contribution is 0.936. The van der Waals surface area contributed by atoms with Gasteiger partial charge in [0, 0.05) is 13.1 Å². The largest absolute Gasteiger partial charge is 0.396 e. The van der Waals surface area contributed by atoms with Crippen molar-refractivity contribution >= 4 is 23.7 Å². The third kappa shape index (κ3) is 1.67. The Hall–Kier alpha value is -1.03. The van der Waals surface area contributed by atoms with E-state index < -0.39 is 0 Å². The first-order valence-corrected chi connectivity index (χ1v) is 4.92. The van der Waals surface area contributed by atoms with Crippen molar-refractivity contribution in [2.24, 2.45) is 0 Å². The first-order chi connectivity index (χ1) is 6.27. The highest BCUT2D eigenvalue weighted by Crippen LogP contribution is 2.18. The molecule has 0 amide bonds. The highest BCUT2D eigenvalue weighted by Gasteiger charge is 2.12. The van der Waals surface area contributed by atoms with Crippen molar-refractivity contribution in [3.63, 3.8) is 0 Å². The zero-order valence-corrected chi connectivity index (χ0v) is 8.23. The van der Waals surface area contributed by atoms with Gasteiger partial charge in [-0.3, -0.25) is 0 Å². The first-order valence-electron chi connectivity index (χ1n) is 4.51. The number of nitrogen functional groups attached to an aromatic ring is 1. The quantitative estimate of drug-likeness (QED) is 0.673. The van der Waals surface area contributed by atoms with Gasteiger partial charge in [-0.25, -0.2) is 0 Å². The van der Waals surface area contributed by atoms with E-state index in [0.717, 1.165) is 18.9 Å².